The van der Waals surface area contributed by atoms with Crippen LogP contribution in [0.2, 0.25) is 0 Å². The molecular formula is C9H18N2O2. The van der Waals surface area contributed by atoms with Crippen molar-refractivity contribution in [2.75, 3.05) is 14.2 Å². The molecule has 0 aromatic heterocycles. The van der Waals surface area contributed by atoms with Crippen LogP contribution in [0.4, 0.5) is 0 Å². The monoisotopic (exact) mass is 186 g/mol. The Kier molecular flexibility index (Phi) is 3.27. The minimum Gasteiger partial charge on any atom is -0.468 e. The lowest BCUT2D eigenvalue weighted by Crippen LogP contribution is -2.40. The maximum absolute atomic E-state index is 11.3. The second-order valence-electron chi connectivity index (χ2n) is 3.87. The van der Waals surface area contributed by atoms with Crippen LogP contribution in [0.1, 0.15) is 20.3 Å². The Morgan fingerprint density at radius 3 is 2.62 bits per heavy atom. The average molecular weight is 186 g/mol. The standard InChI is InChI=1S/C9H18N2O2/c1-6(2)7-5-8(9(12)13-4)11(3)10-7/h6-8,10H,5H2,1-4H3. The lowest BCUT2D eigenvalue weighted by atomic mass is 10.00. The molecule has 1 heterocycles. The van der Waals surface area contributed by atoms with Gasteiger partial charge in [-0.2, -0.15) is 0 Å². The zero-order valence-electron chi connectivity index (χ0n) is 8.70. The minimum atomic E-state index is -0.154. The highest BCUT2D eigenvalue weighted by molar-refractivity contribution is 5.75. The third-order valence-electron chi connectivity index (χ3n) is 2.59. The van der Waals surface area contributed by atoms with Crippen molar-refractivity contribution >= 4 is 5.97 Å². The molecule has 13 heavy (non-hydrogen) atoms. The van der Waals surface area contributed by atoms with Gasteiger partial charge in [0.2, 0.25) is 0 Å². The summed E-state index contributed by atoms with van der Waals surface area (Å²) in [6.45, 7) is 4.29. The van der Waals surface area contributed by atoms with Gasteiger partial charge in [0.1, 0.15) is 6.04 Å². The van der Waals surface area contributed by atoms with Crippen LogP contribution < -0.4 is 5.43 Å². The second-order valence-corrected chi connectivity index (χ2v) is 3.87. The van der Waals surface area contributed by atoms with Gasteiger partial charge in [-0.05, 0) is 12.3 Å². The topological polar surface area (TPSA) is 41.6 Å². The molecule has 4 heteroatoms. The van der Waals surface area contributed by atoms with Crippen molar-refractivity contribution in [2.24, 2.45) is 5.92 Å². The molecule has 76 valence electrons. The van der Waals surface area contributed by atoms with Crippen molar-refractivity contribution in [3.05, 3.63) is 0 Å². The van der Waals surface area contributed by atoms with E-state index < -0.39 is 0 Å². The molecule has 0 bridgehead atoms. The van der Waals surface area contributed by atoms with E-state index in [2.05, 4.69) is 19.3 Å². The first-order valence-corrected chi connectivity index (χ1v) is 4.63. The minimum absolute atomic E-state index is 0.127. The quantitative estimate of drug-likeness (QED) is 0.634. The molecule has 0 spiro atoms. The molecule has 1 rings (SSSR count). The number of hydrazine groups is 1. The van der Waals surface area contributed by atoms with E-state index in [-0.39, 0.29) is 12.0 Å². The summed E-state index contributed by atoms with van der Waals surface area (Å²) in [5.41, 5.74) is 3.25. The molecule has 1 N–H and O–H groups in total. The first-order chi connectivity index (χ1) is 6.06. The molecule has 0 radical (unpaired) electrons. The molecule has 0 saturated carbocycles. The first-order valence-electron chi connectivity index (χ1n) is 4.63. The highest BCUT2D eigenvalue weighted by atomic mass is 16.5. The molecule has 1 fully saturated rings. The van der Waals surface area contributed by atoms with E-state index in [0.29, 0.717) is 12.0 Å². The van der Waals surface area contributed by atoms with Crippen molar-refractivity contribution in [3.63, 3.8) is 0 Å². The van der Waals surface area contributed by atoms with Gasteiger partial charge in [0.05, 0.1) is 7.11 Å². The van der Waals surface area contributed by atoms with Crippen LogP contribution in [0.3, 0.4) is 0 Å². The number of methoxy groups -OCH3 is 1. The number of ether oxygens (including phenoxy) is 1. The van der Waals surface area contributed by atoms with Crippen LogP contribution in [0.15, 0.2) is 0 Å². The smallest absolute Gasteiger partial charge is 0.324 e. The van der Waals surface area contributed by atoms with Crippen molar-refractivity contribution in [1.82, 2.24) is 10.4 Å². The van der Waals surface area contributed by atoms with Crippen molar-refractivity contribution in [1.29, 1.82) is 0 Å². The second kappa shape index (κ2) is 4.07. The van der Waals surface area contributed by atoms with Gasteiger partial charge in [-0.3, -0.25) is 10.2 Å². The third kappa shape index (κ3) is 2.19. The highest BCUT2D eigenvalue weighted by Gasteiger charge is 2.35. The van der Waals surface area contributed by atoms with Crippen molar-refractivity contribution < 1.29 is 9.53 Å². The fraction of sp³-hybridized carbons (Fsp3) is 0.889. The number of carbonyl (C=O) groups is 1. The molecule has 2 atom stereocenters. The summed E-state index contributed by atoms with van der Waals surface area (Å²) < 4.78 is 4.71. The van der Waals surface area contributed by atoms with Gasteiger partial charge in [0.25, 0.3) is 0 Å². The van der Waals surface area contributed by atoms with Crippen LogP contribution in [0.25, 0.3) is 0 Å². The molecule has 0 aromatic carbocycles. The number of hydrogen-bond acceptors (Lipinski definition) is 4. The summed E-state index contributed by atoms with van der Waals surface area (Å²) in [5, 5.41) is 1.84. The van der Waals surface area contributed by atoms with E-state index >= 15 is 0 Å². The van der Waals surface area contributed by atoms with Gasteiger partial charge in [0, 0.05) is 13.1 Å². The molecule has 2 unspecified atom stereocenters. The Balaban J connectivity index is 2.56. The molecule has 0 amide bonds. The van der Waals surface area contributed by atoms with Gasteiger partial charge < -0.3 is 4.74 Å². The maximum Gasteiger partial charge on any atom is 0.324 e. The van der Waals surface area contributed by atoms with E-state index in [4.69, 9.17) is 4.74 Å². The predicted molar refractivity (Wildman–Crippen MR) is 49.9 cm³/mol. The zero-order valence-corrected chi connectivity index (χ0v) is 8.70. The average Bonchev–Trinajstić information content (AvgIpc) is 2.46. The Bertz CT molecular complexity index is 194. The van der Waals surface area contributed by atoms with Gasteiger partial charge in [-0.1, -0.05) is 13.8 Å². The number of carbonyl (C=O) groups excluding carboxylic acids is 1. The number of rotatable bonds is 2. The van der Waals surface area contributed by atoms with Crippen LogP contribution in [-0.4, -0.2) is 37.2 Å². The molecule has 0 aromatic rings. The summed E-state index contributed by atoms with van der Waals surface area (Å²) >= 11 is 0. The number of nitrogens with one attached hydrogen (secondary N) is 1. The van der Waals surface area contributed by atoms with Gasteiger partial charge in [-0.15, -0.1) is 0 Å². The fourth-order valence-corrected chi connectivity index (χ4v) is 1.61. The lowest BCUT2D eigenvalue weighted by Gasteiger charge is -2.17. The fourth-order valence-electron chi connectivity index (χ4n) is 1.61. The van der Waals surface area contributed by atoms with E-state index in [1.807, 2.05) is 12.1 Å². The number of nitrogens with zero attached hydrogens (tertiary/aromatic N) is 1. The first kappa shape index (κ1) is 10.5. The van der Waals surface area contributed by atoms with Crippen LogP contribution in [0, 0.1) is 5.92 Å². The van der Waals surface area contributed by atoms with E-state index in [9.17, 15) is 4.79 Å². The molecule has 1 aliphatic heterocycles. The summed E-state index contributed by atoms with van der Waals surface area (Å²) in [6, 6.07) is 0.256. The number of hydrogen-bond donors (Lipinski definition) is 1. The lowest BCUT2D eigenvalue weighted by molar-refractivity contribution is -0.145. The van der Waals surface area contributed by atoms with Gasteiger partial charge in [-0.25, -0.2) is 5.01 Å². The van der Waals surface area contributed by atoms with E-state index in [0.717, 1.165) is 6.42 Å². The summed E-state index contributed by atoms with van der Waals surface area (Å²) in [6.07, 6.45) is 0.834. The Morgan fingerprint density at radius 2 is 2.23 bits per heavy atom. The number of likely N-dealkylation sites (N-methyl/N-ethyl adjacent to an activating group) is 1. The van der Waals surface area contributed by atoms with Crippen LogP contribution in [0.5, 0.6) is 0 Å². The highest BCUT2D eigenvalue weighted by Crippen LogP contribution is 2.19. The normalized spacial score (nSPS) is 29.6. The van der Waals surface area contributed by atoms with Gasteiger partial charge in [0.15, 0.2) is 0 Å². The van der Waals surface area contributed by atoms with Gasteiger partial charge >= 0.3 is 5.97 Å². The van der Waals surface area contributed by atoms with E-state index in [1.165, 1.54) is 7.11 Å². The largest absolute Gasteiger partial charge is 0.468 e. The van der Waals surface area contributed by atoms with Crippen molar-refractivity contribution in [2.45, 2.75) is 32.4 Å². The van der Waals surface area contributed by atoms with E-state index in [1.54, 1.807) is 0 Å². The molecule has 1 aliphatic rings. The summed E-state index contributed by atoms with van der Waals surface area (Å²) in [7, 11) is 3.31. The summed E-state index contributed by atoms with van der Waals surface area (Å²) in [5.74, 6) is 0.384. The number of esters is 1. The van der Waals surface area contributed by atoms with Crippen LogP contribution in [-0.2, 0) is 9.53 Å². The Labute approximate surface area is 79.2 Å². The SMILES string of the molecule is COC(=O)C1CC(C(C)C)NN1C. The molecule has 1 saturated heterocycles. The molecule has 0 aliphatic carbocycles. The Morgan fingerprint density at radius 1 is 1.62 bits per heavy atom. The Hall–Kier alpha value is -0.610. The maximum atomic E-state index is 11.3. The molecule has 4 nitrogen and oxygen atoms in total. The van der Waals surface area contributed by atoms with Crippen molar-refractivity contribution in [3.8, 4) is 0 Å². The zero-order chi connectivity index (χ0) is 10.0. The predicted octanol–water partition coefficient (Wildman–Crippen LogP) is 0.393. The molecular weight excluding hydrogens is 168 g/mol. The van der Waals surface area contributed by atoms with Crippen LogP contribution >= 0.6 is 0 Å². The third-order valence-corrected chi connectivity index (χ3v) is 2.59. The summed E-state index contributed by atoms with van der Waals surface area (Å²) in [4.78, 5) is 11.3.